The SMILES string of the molecule is OCCSCc1ccnc(NCc2cnc(C3CCC3)s2)c1. The Morgan fingerprint density at radius 1 is 1.36 bits per heavy atom. The van der Waals surface area contributed by atoms with Crippen molar-refractivity contribution in [1.82, 2.24) is 9.97 Å². The molecule has 1 aliphatic rings. The predicted molar refractivity (Wildman–Crippen MR) is 93.5 cm³/mol. The van der Waals surface area contributed by atoms with Gasteiger partial charge in [-0.05, 0) is 30.5 Å². The standard InChI is InChI=1S/C16H21N3OS2/c20-6-7-21-11-12-4-5-17-15(8-12)18-9-14-10-19-16(22-14)13-2-1-3-13/h4-5,8,10,13,20H,1-3,6-7,9,11H2,(H,17,18). The second-order valence-corrected chi connectivity index (χ2v) is 7.72. The van der Waals surface area contributed by atoms with Crippen LogP contribution >= 0.6 is 23.1 Å². The fourth-order valence-electron chi connectivity index (χ4n) is 2.34. The number of pyridine rings is 1. The van der Waals surface area contributed by atoms with E-state index in [-0.39, 0.29) is 6.61 Å². The van der Waals surface area contributed by atoms with Crippen LogP contribution < -0.4 is 5.32 Å². The molecule has 0 spiro atoms. The number of nitrogens with zero attached hydrogens (tertiary/aromatic N) is 2. The summed E-state index contributed by atoms with van der Waals surface area (Å²) in [6, 6.07) is 4.11. The number of aliphatic hydroxyl groups excluding tert-OH is 1. The van der Waals surface area contributed by atoms with Crippen molar-refractivity contribution in [3.05, 3.63) is 40.0 Å². The van der Waals surface area contributed by atoms with Crippen LogP contribution in [0, 0.1) is 0 Å². The normalized spacial score (nSPS) is 14.8. The molecule has 0 bridgehead atoms. The number of thiazole rings is 1. The Hall–Kier alpha value is -1.11. The van der Waals surface area contributed by atoms with E-state index in [4.69, 9.17) is 5.11 Å². The molecule has 118 valence electrons. The Morgan fingerprint density at radius 3 is 3.05 bits per heavy atom. The lowest BCUT2D eigenvalue weighted by Gasteiger charge is -2.22. The first-order valence-corrected chi connectivity index (χ1v) is 9.64. The molecule has 0 saturated heterocycles. The van der Waals surface area contributed by atoms with Gasteiger partial charge in [0.2, 0.25) is 0 Å². The Kier molecular flexibility index (Phi) is 5.70. The molecular formula is C16H21N3OS2. The van der Waals surface area contributed by atoms with E-state index in [0.29, 0.717) is 5.92 Å². The van der Waals surface area contributed by atoms with Crippen molar-refractivity contribution in [1.29, 1.82) is 0 Å². The summed E-state index contributed by atoms with van der Waals surface area (Å²) in [4.78, 5) is 10.2. The number of hydrogen-bond donors (Lipinski definition) is 2. The third-order valence-electron chi connectivity index (χ3n) is 3.80. The highest BCUT2D eigenvalue weighted by molar-refractivity contribution is 7.98. The van der Waals surface area contributed by atoms with Gasteiger partial charge in [-0.15, -0.1) is 11.3 Å². The summed E-state index contributed by atoms with van der Waals surface area (Å²) >= 11 is 3.56. The van der Waals surface area contributed by atoms with Crippen LogP contribution in [0.15, 0.2) is 24.5 Å². The number of anilines is 1. The van der Waals surface area contributed by atoms with E-state index in [0.717, 1.165) is 23.9 Å². The molecule has 0 aromatic carbocycles. The molecule has 0 radical (unpaired) electrons. The van der Waals surface area contributed by atoms with Gasteiger partial charge >= 0.3 is 0 Å². The Morgan fingerprint density at radius 2 is 2.27 bits per heavy atom. The minimum atomic E-state index is 0.232. The maximum absolute atomic E-state index is 8.82. The fraction of sp³-hybridized carbons (Fsp3) is 0.500. The van der Waals surface area contributed by atoms with Crippen LogP contribution in [0.2, 0.25) is 0 Å². The lowest BCUT2D eigenvalue weighted by atomic mass is 9.86. The van der Waals surface area contributed by atoms with E-state index in [2.05, 4.69) is 21.4 Å². The van der Waals surface area contributed by atoms with Gasteiger partial charge in [0.1, 0.15) is 5.82 Å². The summed E-state index contributed by atoms with van der Waals surface area (Å²) in [5.74, 6) is 3.30. The molecule has 0 aliphatic heterocycles. The van der Waals surface area contributed by atoms with Gasteiger partial charge in [0, 0.05) is 34.7 Å². The molecule has 2 aromatic rings. The van der Waals surface area contributed by atoms with Crippen molar-refractivity contribution in [2.45, 2.75) is 37.5 Å². The number of aromatic nitrogens is 2. The summed E-state index contributed by atoms with van der Waals surface area (Å²) in [6.45, 7) is 1.01. The van der Waals surface area contributed by atoms with Gasteiger partial charge < -0.3 is 10.4 Å². The van der Waals surface area contributed by atoms with Crippen molar-refractivity contribution >= 4 is 28.9 Å². The largest absolute Gasteiger partial charge is 0.396 e. The Labute approximate surface area is 139 Å². The van der Waals surface area contributed by atoms with Gasteiger partial charge in [0.15, 0.2) is 0 Å². The second-order valence-electron chi connectivity index (χ2n) is 5.47. The van der Waals surface area contributed by atoms with Gasteiger partial charge in [0.05, 0.1) is 18.2 Å². The second kappa shape index (κ2) is 7.94. The van der Waals surface area contributed by atoms with E-state index in [1.54, 1.807) is 11.8 Å². The molecule has 6 heteroatoms. The highest BCUT2D eigenvalue weighted by Crippen LogP contribution is 2.38. The molecule has 0 unspecified atom stereocenters. The minimum Gasteiger partial charge on any atom is -0.396 e. The molecule has 2 heterocycles. The van der Waals surface area contributed by atoms with Gasteiger partial charge in [0.25, 0.3) is 0 Å². The van der Waals surface area contributed by atoms with Crippen LogP contribution in [0.1, 0.15) is 40.6 Å². The average Bonchev–Trinajstić information content (AvgIpc) is 2.93. The lowest BCUT2D eigenvalue weighted by molar-refractivity contribution is 0.322. The average molecular weight is 335 g/mol. The maximum atomic E-state index is 8.82. The number of aliphatic hydroxyl groups is 1. The van der Waals surface area contributed by atoms with Crippen molar-refractivity contribution in [3.8, 4) is 0 Å². The molecule has 4 nitrogen and oxygen atoms in total. The molecule has 22 heavy (non-hydrogen) atoms. The number of nitrogens with one attached hydrogen (secondary N) is 1. The zero-order valence-electron chi connectivity index (χ0n) is 12.5. The van der Waals surface area contributed by atoms with Crippen LogP contribution in [0.3, 0.4) is 0 Å². The molecule has 0 amide bonds. The van der Waals surface area contributed by atoms with Crippen LogP contribution in [0.5, 0.6) is 0 Å². The zero-order chi connectivity index (χ0) is 15.2. The monoisotopic (exact) mass is 335 g/mol. The first-order chi connectivity index (χ1) is 10.8. The van der Waals surface area contributed by atoms with Crippen molar-refractivity contribution in [2.75, 3.05) is 17.7 Å². The first kappa shape index (κ1) is 15.8. The third kappa shape index (κ3) is 4.21. The van der Waals surface area contributed by atoms with Gasteiger partial charge in [-0.3, -0.25) is 0 Å². The molecule has 1 saturated carbocycles. The summed E-state index contributed by atoms with van der Waals surface area (Å²) in [5.41, 5.74) is 1.23. The van der Waals surface area contributed by atoms with Gasteiger partial charge in [-0.2, -0.15) is 11.8 Å². The van der Waals surface area contributed by atoms with Crippen molar-refractivity contribution in [3.63, 3.8) is 0 Å². The molecule has 2 aromatic heterocycles. The van der Waals surface area contributed by atoms with Gasteiger partial charge in [-0.1, -0.05) is 6.42 Å². The van der Waals surface area contributed by atoms with Crippen LogP contribution in [-0.4, -0.2) is 27.4 Å². The summed E-state index contributed by atoms with van der Waals surface area (Å²) in [7, 11) is 0. The smallest absolute Gasteiger partial charge is 0.126 e. The van der Waals surface area contributed by atoms with Gasteiger partial charge in [-0.25, -0.2) is 9.97 Å². The summed E-state index contributed by atoms with van der Waals surface area (Å²) in [5, 5.41) is 13.5. The highest BCUT2D eigenvalue weighted by atomic mass is 32.2. The fourth-order valence-corrected chi connectivity index (χ4v) is 4.06. The third-order valence-corrected chi connectivity index (χ3v) is 5.97. The predicted octanol–water partition coefficient (Wildman–Crippen LogP) is 3.64. The molecular weight excluding hydrogens is 314 g/mol. The minimum absolute atomic E-state index is 0.232. The molecule has 0 atom stereocenters. The zero-order valence-corrected chi connectivity index (χ0v) is 14.1. The maximum Gasteiger partial charge on any atom is 0.126 e. The van der Waals surface area contributed by atoms with E-state index < -0.39 is 0 Å². The topological polar surface area (TPSA) is 58.0 Å². The van der Waals surface area contributed by atoms with E-state index >= 15 is 0 Å². The molecule has 1 fully saturated rings. The Bertz CT molecular complexity index is 599. The van der Waals surface area contributed by atoms with E-state index in [1.807, 2.05) is 29.8 Å². The quantitative estimate of drug-likeness (QED) is 0.721. The number of rotatable bonds is 8. The van der Waals surface area contributed by atoms with Crippen LogP contribution in [-0.2, 0) is 12.3 Å². The molecule has 2 N–H and O–H groups in total. The molecule has 3 rings (SSSR count). The first-order valence-electron chi connectivity index (χ1n) is 7.67. The van der Waals surface area contributed by atoms with Crippen LogP contribution in [0.4, 0.5) is 5.82 Å². The van der Waals surface area contributed by atoms with Crippen LogP contribution in [0.25, 0.3) is 0 Å². The van der Waals surface area contributed by atoms with Crippen molar-refractivity contribution < 1.29 is 5.11 Å². The summed E-state index contributed by atoms with van der Waals surface area (Å²) < 4.78 is 0. The van der Waals surface area contributed by atoms with E-state index in [9.17, 15) is 0 Å². The summed E-state index contributed by atoms with van der Waals surface area (Å²) in [6.07, 6.45) is 7.78. The highest BCUT2D eigenvalue weighted by Gasteiger charge is 2.22. The number of thioether (sulfide) groups is 1. The lowest BCUT2D eigenvalue weighted by Crippen LogP contribution is -2.07. The van der Waals surface area contributed by atoms with Crippen molar-refractivity contribution in [2.24, 2.45) is 0 Å². The number of hydrogen-bond acceptors (Lipinski definition) is 6. The molecule has 1 aliphatic carbocycles. The Balaban J connectivity index is 1.52. The van der Waals surface area contributed by atoms with E-state index in [1.165, 1.54) is 34.7 Å².